The number of amides is 1. The maximum absolute atomic E-state index is 14.6. The minimum Gasteiger partial charge on any atom is -0.489 e. The van der Waals surface area contributed by atoms with E-state index < -0.39 is 5.82 Å². The Morgan fingerprint density at radius 1 is 1.21 bits per heavy atom. The van der Waals surface area contributed by atoms with Gasteiger partial charge in [-0.3, -0.25) is 9.69 Å². The molecule has 1 aliphatic rings. The van der Waals surface area contributed by atoms with Crippen molar-refractivity contribution in [2.45, 2.75) is 33.3 Å². The Bertz CT molecular complexity index is 1180. The molecule has 1 fully saturated rings. The number of aromatic nitrogens is 4. The summed E-state index contributed by atoms with van der Waals surface area (Å²) in [5, 5.41) is 7.12. The molecule has 4 rings (SSSR count). The summed E-state index contributed by atoms with van der Waals surface area (Å²) < 4.78 is 27.4. The first-order chi connectivity index (χ1) is 16.3. The van der Waals surface area contributed by atoms with Crippen LogP contribution in [0.2, 0.25) is 0 Å². The fraction of sp³-hybridized carbons (Fsp3) is 0.417. The van der Waals surface area contributed by atoms with Crippen molar-refractivity contribution in [2.24, 2.45) is 0 Å². The average Bonchev–Trinajstić information content (AvgIpc) is 3.36. The lowest BCUT2D eigenvalue weighted by atomic mass is 10.1. The van der Waals surface area contributed by atoms with Crippen molar-refractivity contribution in [3.63, 3.8) is 0 Å². The van der Waals surface area contributed by atoms with E-state index in [2.05, 4.69) is 25.3 Å². The van der Waals surface area contributed by atoms with Crippen LogP contribution in [0.25, 0.3) is 17.2 Å². The molecule has 0 bridgehead atoms. The molecule has 0 spiro atoms. The zero-order valence-electron chi connectivity index (χ0n) is 19.8. The molecule has 1 amide bonds. The molecule has 1 saturated heterocycles. The van der Waals surface area contributed by atoms with Gasteiger partial charge in [-0.2, -0.15) is 10.1 Å². The number of likely N-dealkylation sites (tertiary alicyclic amines) is 1. The van der Waals surface area contributed by atoms with E-state index in [0.29, 0.717) is 29.4 Å². The highest BCUT2D eigenvalue weighted by Gasteiger charge is 2.24. The zero-order valence-corrected chi connectivity index (χ0v) is 19.8. The first-order valence-corrected chi connectivity index (χ1v) is 11.2. The van der Waals surface area contributed by atoms with Gasteiger partial charge in [-0.15, -0.1) is 0 Å². The van der Waals surface area contributed by atoms with Gasteiger partial charge in [0.2, 0.25) is 5.91 Å². The molecule has 1 atom stereocenters. The zero-order chi connectivity index (χ0) is 24.2. The summed E-state index contributed by atoms with van der Waals surface area (Å²) in [5.74, 6) is 0.307. The molecule has 0 saturated carbocycles. The largest absolute Gasteiger partial charge is 0.489 e. The number of anilines is 1. The van der Waals surface area contributed by atoms with Crippen LogP contribution in [0.4, 0.5) is 10.2 Å². The smallest absolute Gasteiger partial charge is 0.253 e. The van der Waals surface area contributed by atoms with Gasteiger partial charge in [0.25, 0.3) is 5.95 Å². The Balaban J connectivity index is 1.64. The van der Waals surface area contributed by atoms with E-state index in [4.69, 9.17) is 9.47 Å². The number of nitrogens with zero attached hydrogens (tertiary/aromatic N) is 5. The van der Waals surface area contributed by atoms with Crippen LogP contribution in [-0.2, 0) is 9.53 Å². The highest BCUT2D eigenvalue weighted by Crippen LogP contribution is 2.28. The number of rotatable bonds is 8. The average molecular weight is 469 g/mol. The maximum Gasteiger partial charge on any atom is 0.253 e. The van der Waals surface area contributed by atoms with Gasteiger partial charge >= 0.3 is 0 Å². The molecular weight excluding hydrogens is 439 g/mol. The number of hydrogen-bond donors (Lipinski definition) is 1. The van der Waals surface area contributed by atoms with Gasteiger partial charge in [0.15, 0.2) is 0 Å². The van der Waals surface area contributed by atoms with Gasteiger partial charge in [-0.1, -0.05) is 0 Å². The molecule has 1 aromatic carbocycles. The summed E-state index contributed by atoms with van der Waals surface area (Å²) in [6.45, 7) is 8.34. The Kier molecular flexibility index (Phi) is 7.18. The minimum absolute atomic E-state index is 0.0305. The first-order valence-electron chi connectivity index (χ1n) is 11.2. The first kappa shape index (κ1) is 23.8. The number of carbonyl (C=O) groups is 1. The molecule has 3 aromatic rings. The van der Waals surface area contributed by atoms with Crippen molar-refractivity contribution in [3.8, 4) is 23.0 Å². The molecule has 3 heterocycles. The van der Waals surface area contributed by atoms with Crippen LogP contribution in [0.3, 0.4) is 0 Å². The van der Waals surface area contributed by atoms with Gasteiger partial charge in [0.05, 0.1) is 18.0 Å². The fourth-order valence-corrected chi connectivity index (χ4v) is 4.04. The Morgan fingerprint density at radius 3 is 2.74 bits per heavy atom. The summed E-state index contributed by atoms with van der Waals surface area (Å²) in [6, 6.07) is 8.03. The lowest BCUT2D eigenvalue weighted by molar-refractivity contribution is -0.114. The van der Waals surface area contributed by atoms with Crippen molar-refractivity contribution >= 4 is 11.7 Å². The number of ether oxygens (including phenoxy) is 2. The SMILES string of the molecule is COCCN1CC[C@H](Oc2cc(F)cc(-c3cc(NC(C)=O)nc(-n4nc(C)cc4C)n3)c2)C1. The molecule has 10 heteroatoms. The van der Waals surface area contributed by atoms with Gasteiger partial charge in [0, 0.05) is 57.1 Å². The van der Waals surface area contributed by atoms with Crippen molar-refractivity contribution in [1.82, 2.24) is 24.6 Å². The van der Waals surface area contributed by atoms with Crippen LogP contribution in [-0.4, -0.2) is 70.0 Å². The second-order valence-corrected chi connectivity index (χ2v) is 8.46. The van der Waals surface area contributed by atoms with Gasteiger partial charge in [0.1, 0.15) is 23.5 Å². The third kappa shape index (κ3) is 5.75. The van der Waals surface area contributed by atoms with E-state index in [1.54, 1.807) is 23.9 Å². The molecule has 34 heavy (non-hydrogen) atoms. The van der Waals surface area contributed by atoms with E-state index in [0.717, 1.165) is 37.4 Å². The monoisotopic (exact) mass is 468 g/mol. The van der Waals surface area contributed by atoms with Crippen molar-refractivity contribution in [3.05, 3.63) is 47.5 Å². The lowest BCUT2D eigenvalue weighted by Gasteiger charge is -2.17. The van der Waals surface area contributed by atoms with E-state index in [-0.39, 0.29) is 18.0 Å². The van der Waals surface area contributed by atoms with E-state index >= 15 is 0 Å². The molecular formula is C24H29FN6O3. The molecule has 0 aliphatic carbocycles. The number of carbonyl (C=O) groups excluding carboxylic acids is 1. The third-order valence-electron chi connectivity index (χ3n) is 5.53. The third-order valence-corrected chi connectivity index (χ3v) is 5.53. The lowest BCUT2D eigenvalue weighted by Crippen LogP contribution is -2.27. The van der Waals surface area contributed by atoms with Gasteiger partial charge in [-0.25, -0.2) is 14.1 Å². The summed E-state index contributed by atoms with van der Waals surface area (Å²) in [7, 11) is 1.68. The summed E-state index contributed by atoms with van der Waals surface area (Å²) in [5.41, 5.74) is 2.61. The maximum atomic E-state index is 14.6. The van der Waals surface area contributed by atoms with Crippen LogP contribution in [0.15, 0.2) is 30.3 Å². The van der Waals surface area contributed by atoms with E-state index in [1.807, 2.05) is 19.9 Å². The molecule has 0 radical (unpaired) electrons. The number of nitrogens with one attached hydrogen (secondary N) is 1. The van der Waals surface area contributed by atoms with Crippen molar-refractivity contribution in [1.29, 1.82) is 0 Å². The molecule has 1 aliphatic heterocycles. The van der Waals surface area contributed by atoms with Crippen LogP contribution >= 0.6 is 0 Å². The van der Waals surface area contributed by atoms with E-state index in [9.17, 15) is 9.18 Å². The normalized spacial score (nSPS) is 16.1. The van der Waals surface area contributed by atoms with Crippen molar-refractivity contribution in [2.75, 3.05) is 38.7 Å². The molecule has 9 nitrogen and oxygen atoms in total. The number of aryl methyl sites for hydroxylation is 2. The Morgan fingerprint density at radius 2 is 2.03 bits per heavy atom. The summed E-state index contributed by atoms with van der Waals surface area (Å²) in [6.07, 6.45) is 0.828. The van der Waals surface area contributed by atoms with Crippen LogP contribution < -0.4 is 10.1 Å². The number of halogens is 1. The van der Waals surface area contributed by atoms with Gasteiger partial charge < -0.3 is 14.8 Å². The predicted octanol–water partition coefficient (Wildman–Crippen LogP) is 3.14. The highest BCUT2D eigenvalue weighted by atomic mass is 19.1. The van der Waals surface area contributed by atoms with Crippen LogP contribution in [0.5, 0.6) is 5.75 Å². The summed E-state index contributed by atoms with van der Waals surface area (Å²) in [4.78, 5) is 23.0. The van der Waals surface area contributed by atoms with Crippen LogP contribution in [0, 0.1) is 19.7 Å². The number of benzene rings is 1. The second kappa shape index (κ2) is 10.3. The van der Waals surface area contributed by atoms with Gasteiger partial charge in [-0.05, 0) is 38.5 Å². The minimum atomic E-state index is -0.436. The molecule has 180 valence electrons. The summed E-state index contributed by atoms with van der Waals surface area (Å²) >= 11 is 0. The molecule has 2 aromatic heterocycles. The fourth-order valence-electron chi connectivity index (χ4n) is 4.04. The van der Waals surface area contributed by atoms with Crippen LogP contribution in [0.1, 0.15) is 24.7 Å². The highest BCUT2D eigenvalue weighted by molar-refractivity contribution is 5.88. The standard InChI is InChI=1S/C24H29FN6O3/c1-15-9-16(2)31(29-15)24-27-22(13-23(28-24)26-17(3)32)18-10-19(25)12-21(11-18)34-20-5-6-30(14-20)7-8-33-4/h9-13,20H,5-8,14H2,1-4H3,(H,26,27,28,32)/t20-/m0/s1. The number of methoxy groups -OCH3 is 1. The Hall–Kier alpha value is -3.37. The Labute approximate surface area is 197 Å². The second-order valence-electron chi connectivity index (χ2n) is 8.46. The van der Waals surface area contributed by atoms with Crippen molar-refractivity contribution < 1.29 is 18.7 Å². The molecule has 1 N–H and O–H groups in total. The predicted molar refractivity (Wildman–Crippen MR) is 126 cm³/mol. The molecule has 0 unspecified atom stereocenters. The number of hydrogen-bond acceptors (Lipinski definition) is 7. The quantitative estimate of drug-likeness (QED) is 0.543. The topological polar surface area (TPSA) is 94.4 Å². The van der Waals surface area contributed by atoms with E-state index in [1.165, 1.54) is 19.1 Å².